The quantitative estimate of drug-likeness (QED) is 0.134. The van der Waals surface area contributed by atoms with Crippen LogP contribution in [0.25, 0.3) is 43.8 Å². The Morgan fingerprint density at radius 1 is 0.921 bits per heavy atom. The van der Waals surface area contributed by atoms with E-state index in [2.05, 4.69) is 38.2 Å². The van der Waals surface area contributed by atoms with E-state index in [-0.39, 0.29) is 58.5 Å². The number of aromatic nitrogens is 5. The van der Waals surface area contributed by atoms with Crippen LogP contribution in [0.2, 0.25) is 5.02 Å². The van der Waals surface area contributed by atoms with Gasteiger partial charge in [-0.2, -0.15) is 15.1 Å². The first-order valence-corrected chi connectivity index (χ1v) is 28.4. The molecule has 1 unspecified atom stereocenters. The van der Waals surface area contributed by atoms with Crippen LogP contribution in [0.15, 0.2) is 48.5 Å². The van der Waals surface area contributed by atoms with Crippen LogP contribution in [-0.2, 0) is 27.7 Å². The summed E-state index contributed by atoms with van der Waals surface area (Å²) in [4.78, 5) is 49.5. The standard InChI is InChI=1S/C58H68ClFN10O6/c1-66-47-29-39(8-10-43(47)52(65-66)38-7-12-48(72)61-31-38)67-22-14-35(15-23-67)27-36-16-24-68(25-17-36)57(73)75-33-41-13-19-58(18-3-21-70(41)58)34-76-56-63-54-50-46(11-9-40-32-74-26-4-20-69(40)55(50)64-56)62-53(51(54)60)44-30-42(71)28-37-5-2-6-45(59)49(37)44/h2,5-6,8,10,28-30,35-36,38,40-41,71H,3-4,7,9,11-27,31-34H2,1H3,(H,61,72)/t38?,40-,41-,58-/m0/s1. The molecule has 7 aliphatic heterocycles. The molecule has 16 nitrogen and oxygen atoms in total. The Balaban J connectivity index is 0.632. The number of pyridine rings is 1. The number of piperidine rings is 3. The largest absolute Gasteiger partial charge is 0.508 e. The fourth-order valence-corrected chi connectivity index (χ4v) is 14.6. The highest BCUT2D eigenvalue weighted by Crippen LogP contribution is 2.46. The van der Waals surface area contributed by atoms with Crippen LogP contribution >= 0.6 is 11.6 Å². The van der Waals surface area contributed by atoms with E-state index in [1.54, 1.807) is 18.2 Å². The van der Waals surface area contributed by atoms with Gasteiger partial charge in [0.25, 0.3) is 0 Å². The van der Waals surface area contributed by atoms with E-state index in [1.807, 2.05) is 22.7 Å². The number of phenols is 1. The molecule has 13 rings (SSSR count). The molecule has 0 saturated carbocycles. The molecule has 3 aromatic carbocycles. The molecular weight excluding hydrogens is 987 g/mol. The first kappa shape index (κ1) is 49.5. The molecule has 4 atom stereocenters. The maximum Gasteiger partial charge on any atom is 0.409 e. The van der Waals surface area contributed by atoms with Gasteiger partial charge in [-0.15, -0.1) is 0 Å². The van der Waals surface area contributed by atoms with Gasteiger partial charge in [0.1, 0.15) is 36.0 Å². The Kier molecular flexibility index (Phi) is 13.3. The average molecular weight is 1060 g/mol. The van der Waals surface area contributed by atoms with Gasteiger partial charge in [0.05, 0.1) is 40.5 Å². The second kappa shape index (κ2) is 20.4. The van der Waals surface area contributed by atoms with Crippen molar-refractivity contribution >= 4 is 67.7 Å². The molecule has 10 heterocycles. The molecular formula is C58H68ClFN10O6. The van der Waals surface area contributed by atoms with Crippen LogP contribution in [0.4, 0.5) is 20.7 Å². The number of nitrogens with one attached hydrogen (secondary N) is 1. The summed E-state index contributed by atoms with van der Waals surface area (Å²) < 4.78 is 38.2. The lowest BCUT2D eigenvalue weighted by Gasteiger charge is -2.37. The SMILES string of the molecule is Cn1nc(C2CCC(=O)NC2)c2ccc(N3CCC(CC4CCN(C(=O)OC[C@@H]5CC[C@]6(COc7nc8c9c(nc(-c%10cc(O)cc%11cccc(Cl)c%10%11)c(F)c9n7)CC[C@H]7COCCCN87)CCCN56)CC4)CC3)cc21. The van der Waals surface area contributed by atoms with E-state index in [1.165, 1.54) is 36.4 Å². The molecule has 18 heteroatoms. The third-order valence-corrected chi connectivity index (χ3v) is 18.7. The van der Waals surface area contributed by atoms with Crippen LogP contribution in [0.3, 0.4) is 0 Å². The van der Waals surface area contributed by atoms with Crippen molar-refractivity contribution in [2.75, 3.05) is 82.0 Å². The maximum atomic E-state index is 17.4. The highest BCUT2D eigenvalue weighted by atomic mass is 35.5. The van der Waals surface area contributed by atoms with Crippen molar-refractivity contribution < 1.29 is 33.3 Å². The summed E-state index contributed by atoms with van der Waals surface area (Å²) in [6, 6.07) is 15.5. The Bertz CT molecular complexity index is 3200. The minimum atomic E-state index is -0.618. The molecule has 6 fully saturated rings. The highest BCUT2D eigenvalue weighted by Gasteiger charge is 2.50. The fourth-order valence-electron chi connectivity index (χ4n) is 14.3. The Morgan fingerprint density at radius 3 is 2.59 bits per heavy atom. The van der Waals surface area contributed by atoms with Crippen molar-refractivity contribution in [3.63, 3.8) is 0 Å². The molecule has 76 heavy (non-hydrogen) atoms. The van der Waals surface area contributed by atoms with Crippen LogP contribution in [0.1, 0.15) is 101 Å². The summed E-state index contributed by atoms with van der Waals surface area (Å²) in [5.41, 5.74) is 4.50. The normalized spacial score (nSPS) is 24.7. The lowest BCUT2D eigenvalue weighted by molar-refractivity contribution is -0.122. The molecule has 6 aromatic rings. The van der Waals surface area contributed by atoms with Gasteiger partial charge in [0.2, 0.25) is 5.91 Å². The van der Waals surface area contributed by atoms with E-state index in [9.17, 15) is 14.7 Å². The summed E-state index contributed by atoms with van der Waals surface area (Å²) in [5, 5.41) is 22.2. The molecule has 0 radical (unpaired) electrons. The van der Waals surface area contributed by atoms with Gasteiger partial charge in [-0.25, -0.2) is 14.2 Å². The number of anilines is 2. The molecule has 0 spiro atoms. The number of benzene rings is 3. The number of hydrogen-bond donors (Lipinski definition) is 2. The lowest BCUT2D eigenvalue weighted by atomic mass is 9.83. The smallest absolute Gasteiger partial charge is 0.409 e. The van der Waals surface area contributed by atoms with E-state index in [4.69, 9.17) is 45.9 Å². The molecule has 2 amide bonds. The van der Waals surface area contributed by atoms with Crippen LogP contribution in [0, 0.1) is 17.7 Å². The van der Waals surface area contributed by atoms with Crippen molar-refractivity contribution in [2.24, 2.45) is 18.9 Å². The van der Waals surface area contributed by atoms with Gasteiger partial charge < -0.3 is 39.3 Å². The Labute approximate surface area is 447 Å². The van der Waals surface area contributed by atoms with Crippen molar-refractivity contribution in [1.82, 2.24) is 39.8 Å². The second-order valence-electron chi connectivity index (χ2n) is 22.8. The summed E-state index contributed by atoms with van der Waals surface area (Å²) in [6.07, 6.45) is 12.5. The third-order valence-electron chi connectivity index (χ3n) is 18.3. The third kappa shape index (κ3) is 9.20. The van der Waals surface area contributed by atoms with Gasteiger partial charge in [0.15, 0.2) is 5.82 Å². The highest BCUT2D eigenvalue weighted by molar-refractivity contribution is 6.36. The van der Waals surface area contributed by atoms with Crippen LogP contribution in [-0.4, -0.2) is 142 Å². The van der Waals surface area contributed by atoms with Crippen molar-refractivity contribution in [2.45, 2.75) is 113 Å². The van der Waals surface area contributed by atoms with Gasteiger partial charge in [-0.05, 0) is 144 Å². The molecule has 0 bridgehead atoms. The zero-order valence-electron chi connectivity index (χ0n) is 43.5. The fraction of sp³-hybridized carbons (Fsp3) is 0.552. The first-order valence-electron chi connectivity index (χ1n) is 28.0. The number of nitrogens with zero attached hydrogens (tertiary/aromatic N) is 9. The number of carbonyl (C=O) groups is 2. The number of aryl methyl sites for hydroxylation is 2. The summed E-state index contributed by atoms with van der Waals surface area (Å²) in [6.45, 7) is 7.59. The number of aromatic hydroxyl groups is 1. The molecule has 6 saturated heterocycles. The average Bonchev–Trinajstić information content (AvgIpc) is 4.07. The van der Waals surface area contributed by atoms with Gasteiger partial charge in [-0.1, -0.05) is 23.7 Å². The Hall–Kier alpha value is -6.04. The minimum Gasteiger partial charge on any atom is -0.508 e. The summed E-state index contributed by atoms with van der Waals surface area (Å²) in [7, 11) is 2.02. The van der Waals surface area contributed by atoms with Crippen LogP contribution < -0.4 is 19.9 Å². The van der Waals surface area contributed by atoms with Crippen molar-refractivity contribution in [3.05, 3.63) is 70.8 Å². The zero-order valence-corrected chi connectivity index (χ0v) is 44.2. The number of carbonyl (C=O) groups excluding carboxylic acids is 2. The van der Waals surface area contributed by atoms with Gasteiger partial charge in [-0.3, -0.25) is 14.4 Å². The number of halogens is 2. The molecule has 3 aromatic heterocycles. The van der Waals surface area contributed by atoms with E-state index in [0.717, 1.165) is 102 Å². The first-order chi connectivity index (χ1) is 37.1. The molecule has 400 valence electrons. The molecule has 0 aliphatic carbocycles. The van der Waals surface area contributed by atoms with Crippen LogP contribution in [0.5, 0.6) is 11.8 Å². The van der Waals surface area contributed by atoms with E-state index >= 15 is 4.39 Å². The van der Waals surface area contributed by atoms with Crippen molar-refractivity contribution in [1.29, 1.82) is 0 Å². The number of rotatable bonds is 10. The lowest BCUT2D eigenvalue weighted by Crippen LogP contribution is -2.48. The number of ether oxygens (including phenoxy) is 3. The predicted molar refractivity (Wildman–Crippen MR) is 290 cm³/mol. The molecule has 2 N–H and O–H groups in total. The number of fused-ring (bicyclic) bond motifs is 5. The Morgan fingerprint density at radius 2 is 1.76 bits per heavy atom. The summed E-state index contributed by atoms with van der Waals surface area (Å²) >= 11 is 6.76. The maximum absolute atomic E-state index is 17.4. The topological polar surface area (TPSA) is 164 Å². The number of hydrogen-bond acceptors (Lipinski definition) is 13. The van der Waals surface area contributed by atoms with Crippen molar-refractivity contribution in [3.8, 4) is 23.0 Å². The number of amides is 2. The van der Waals surface area contributed by atoms with Gasteiger partial charge in [0, 0.05) is 98.3 Å². The zero-order chi connectivity index (χ0) is 51.7. The summed E-state index contributed by atoms with van der Waals surface area (Å²) in [5.74, 6) is 1.66. The number of likely N-dealkylation sites (tertiary alicyclic amines) is 1. The second-order valence-corrected chi connectivity index (χ2v) is 23.3. The monoisotopic (exact) mass is 1050 g/mol. The van der Waals surface area contributed by atoms with E-state index in [0.29, 0.717) is 102 Å². The molecule has 7 aliphatic rings. The number of phenolic OH excluding ortho intramolecular Hbond substituents is 1. The van der Waals surface area contributed by atoms with E-state index < -0.39 is 5.82 Å². The minimum absolute atomic E-state index is 0.0137. The van der Waals surface area contributed by atoms with Gasteiger partial charge >= 0.3 is 12.1 Å². The predicted octanol–water partition coefficient (Wildman–Crippen LogP) is 9.30.